The topological polar surface area (TPSA) is 48.3 Å². The molecule has 1 heterocycles. The Balaban J connectivity index is 2.56. The van der Waals surface area contributed by atoms with Gasteiger partial charge in [0.15, 0.2) is 0 Å². The minimum Gasteiger partial charge on any atom is -0.383 e. The molecule has 1 rings (SSSR count). The summed E-state index contributed by atoms with van der Waals surface area (Å²) in [6.45, 7) is 9.34. The van der Waals surface area contributed by atoms with Crippen LogP contribution >= 0.6 is 0 Å². The second-order valence-corrected chi connectivity index (χ2v) is 4.61. The van der Waals surface area contributed by atoms with Crippen molar-refractivity contribution in [1.82, 2.24) is 9.55 Å². The molecule has 5 nitrogen and oxygen atoms in total. The molecule has 0 radical (unpaired) electrons. The number of nitrogens with zero attached hydrogens (tertiary/aromatic N) is 2. The second kappa shape index (κ2) is 8.93. The van der Waals surface area contributed by atoms with E-state index in [1.807, 2.05) is 13.8 Å². The number of aromatic nitrogens is 2. The highest BCUT2D eigenvalue weighted by Crippen LogP contribution is 2.19. The van der Waals surface area contributed by atoms with Crippen molar-refractivity contribution in [1.29, 1.82) is 0 Å². The van der Waals surface area contributed by atoms with Gasteiger partial charge < -0.3 is 19.4 Å². The molecule has 0 aliphatic carbocycles. The molecule has 1 N–H and O–H groups in total. The molecule has 0 bridgehead atoms. The number of imidazole rings is 1. The van der Waals surface area contributed by atoms with Crippen LogP contribution in [0.15, 0.2) is 6.20 Å². The monoisotopic (exact) mass is 269 g/mol. The number of hydrogen-bond donors (Lipinski definition) is 1. The molecule has 1 aromatic heterocycles. The number of anilines is 1. The molecule has 1 unspecified atom stereocenters. The highest BCUT2D eigenvalue weighted by atomic mass is 16.5. The van der Waals surface area contributed by atoms with Gasteiger partial charge in [-0.2, -0.15) is 0 Å². The van der Waals surface area contributed by atoms with Crippen LogP contribution < -0.4 is 5.32 Å². The summed E-state index contributed by atoms with van der Waals surface area (Å²) in [4.78, 5) is 4.54. The highest BCUT2D eigenvalue weighted by Gasteiger charge is 2.13. The highest BCUT2D eigenvalue weighted by molar-refractivity contribution is 5.29. The largest absolute Gasteiger partial charge is 0.383 e. The molecule has 0 aliphatic rings. The molecule has 1 atom stereocenters. The first-order valence-corrected chi connectivity index (χ1v) is 7.08. The van der Waals surface area contributed by atoms with Crippen molar-refractivity contribution in [3.63, 3.8) is 0 Å². The maximum absolute atomic E-state index is 5.33. The van der Waals surface area contributed by atoms with E-state index in [1.165, 1.54) is 0 Å². The van der Waals surface area contributed by atoms with Crippen molar-refractivity contribution in [3.8, 4) is 0 Å². The molecule has 110 valence electrons. The summed E-state index contributed by atoms with van der Waals surface area (Å²) >= 11 is 0. The average Bonchev–Trinajstić information content (AvgIpc) is 2.77. The predicted molar refractivity (Wildman–Crippen MR) is 77.8 cm³/mol. The molecular formula is C14H27N3O2. The Labute approximate surface area is 116 Å². The second-order valence-electron chi connectivity index (χ2n) is 4.61. The van der Waals surface area contributed by atoms with Crippen LogP contribution in [-0.2, 0) is 9.47 Å². The fourth-order valence-corrected chi connectivity index (χ4v) is 2.03. The van der Waals surface area contributed by atoms with Crippen LogP contribution in [0.5, 0.6) is 0 Å². The Bertz CT molecular complexity index is 352. The third-order valence-electron chi connectivity index (χ3n) is 3.03. The van der Waals surface area contributed by atoms with Gasteiger partial charge in [0.05, 0.1) is 18.3 Å². The quantitative estimate of drug-likeness (QED) is 0.663. The molecule has 0 aromatic carbocycles. The van der Waals surface area contributed by atoms with Crippen LogP contribution in [0, 0.1) is 6.92 Å². The van der Waals surface area contributed by atoms with E-state index >= 15 is 0 Å². The predicted octanol–water partition coefficient (Wildman–Crippen LogP) is 2.63. The molecule has 0 aliphatic heterocycles. The van der Waals surface area contributed by atoms with Gasteiger partial charge in [0.1, 0.15) is 0 Å². The Morgan fingerprint density at radius 2 is 2.21 bits per heavy atom. The van der Waals surface area contributed by atoms with E-state index in [0.29, 0.717) is 12.6 Å². The van der Waals surface area contributed by atoms with E-state index in [-0.39, 0.29) is 0 Å². The number of hydrogen-bond acceptors (Lipinski definition) is 4. The van der Waals surface area contributed by atoms with Crippen LogP contribution in [0.1, 0.15) is 38.4 Å². The van der Waals surface area contributed by atoms with Crippen molar-refractivity contribution < 1.29 is 9.47 Å². The van der Waals surface area contributed by atoms with E-state index in [2.05, 4.69) is 28.0 Å². The SMILES string of the molecule is CCOCCCNc1nc(C)cn1C(CC)COC. The minimum absolute atomic E-state index is 0.334. The maximum Gasteiger partial charge on any atom is 0.203 e. The Hall–Kier alpha value is -1.07. The molecule has 0 spiro atoms. The zero-order valence-corrected chi connectivity index (χ0v) is 12.6. The minimum atomic E-state index is 0.334. The normalized spacial score (nSPS) is 12.6. The molecule has 19 heavy (non-hydrogen) atoms. The fraction of sp³-hybridized carbons (Fsp3) is 0.786. The van der Waals surface area contributed by atoms with Crippen LogP contribution in [-0.4, -0.2) is 43.0 Å². The third-order valence-corrected chi connectivity index (χ3v) is 3.03. The van der Waals surface area contributed by atoms with E-state index < -0.39 is 0 Å². The standard InChI is InChI=1S/C14H27N3O2/c1-5-13(11-18-4)17-10-12(3)16-14(17)15-8-7-9-19-6-2/h10,13H,5-9,11H2,1-4H3,(H,15,16). The van der Waals surface area contributed by atoms with E-state index in [4.69, 9.17) is 9.47 Å². The molecule has 0 saturated heterocycles. The van der Waals surface area contributed by atoms with Crippen LogP contribution in [0.2, 0.25) is 0 Å². The molecule has 1 aromatic rings. The lowest BCUT2D eigenvalue weighted by Gasteiger charge is -2.18. The lowest BCUT2D eigenvalue weighted by atomic mass is 10.2. The smallest absolute Gasteiger partial charge is 0.203 e. The first-order chi connectivity index (χ1) is 9.22. The van der Waals surface area contributed by atoms with E-state index in [9.17, 15) is 0 Å². The summed E-state index contributed by atoms with van der Waals surface area (Å²) in [5, 5.41) is 3.38. The maximum atomic E-state index is 5.33. The van der Waals surface area contributed by atoms with Gasteiger partial charge in [-0.3, -0.25) is 0 Å². The molecule has 0 saturated carbocycles. The molecule has 5 heteroatoms. The molecule has 0 fully saturated rings. The van der Waals surface area contributed by atoms with E-state index in [0.717, 1.165) is 44.2 Å². The van der Waals surface area contributed by atoms with Gasteiger partial charge in [-0.25, -0.2) is 4.98 Å². The zero-order valence-electron chi connectivity index (χ0n) is 12.6. The lowest BCUT2D eigenvalue weighted by Crippen LogP contribution is -2.17. The van der Waals surface area contributed by atoms with Gasteiger partial charge in [0, 0.05) is 33.1 Å². The third kappa shape index (κ3) is 5.20. The summed E-state index contributed by atoms with van der Waals surface area (Å²) in [6.07, 6.45) is 4.09. The summed E-state index contributed by atoms with van der Waals surface area (Å²) < 4.78 is 12.8. The average molecular weight is 269 g/mol. The Morgan fingerprint density at radius 1 is 1.42 bits per heavy atom. The van der Waals surface area contributed by atoms with Crippen LogP contribution in [0.3, 0.4) is 0 Å². The Kier molecular flexibility index (Phi) is 7.52. The van der Waals surface area contributed by atoms with Crippen LogP contribution in [0.4, 0.5) is 5.95 Å². The summed E-state index contributed by atoms with van der Waals surface area (Å²) in [5.74, 6) is 0.929. The Morgan fingerprint density at radius 3 is 2.84 bits per heavy atom. The van der Waals surface area contributed by atoms with Crippen LogP contribution in [0.25, 0.3) is 0 Å². The van der Waals surface area contributed by atoms with Crippen molar-refractivity contribution in [2.24, 2.45) is 0 Å². The summed E-state index contributed by atoms with van der Waals surface area (Å²) in [5.41, 5.74) is 1.03. The lowest BCUT2D eigenvalue weighted by molar-refractivity contribution is 0.147. The first-order valence-electron chi connectivity index (χ1n) is 7.08. The summed E-state index contributed by atoms with van der Waals surface area (Å²) in [6, 6.07) is 0.334. The number of rotatable bonds is 10. The number of nitrogens with one attached hydrogen (secondary N) is 1. The first kappa shape index (κ1) is 16.0. The fourth-order valence-electron chi connectivity index (χ4n) is 2.03. The van der Waals surface area contributed by atoms with Gasteiger partial charge in [-0.05, 0) is 26.7 Å². The number of methoxy groups -OCH3 is 1. The molecular weight excluding hydrogens is 242 g/mol. The van der Waals surface area contributed by atoms with Gasteiger partial charge in [0.2, 0.25) is 5.95 Å². The zero-order chi connectivity index (χ0) is 14.1. The molecule has 0 amide bonds. The van der Waals surface area contributed by atoms with Gasteiger partial charge in [-0.15, -0.1) is 0 Å². The number of ether oxygens (including phenoxy) is 2. The van der Waals surface area contributed by atoms with E-state index in [1.54, 1.807) is 7.11 Å². The van der Waals surface area contributed by atoms with Crippen molar-refractivity contribution in [3.05, 3.63) is 11.9 Å². The van der Waals surface area contributed by atoms with Crippen molar-refractivity contribution in [2.45, 2.75) is 39.7 Å². The number of aryl methyl sites for hydroxylation is 1. The van der Waals surface area contributed by atoms with Crippen molar-refractivity contribution >= 4 is 5.95 Å². The summed E-state index contributed by atoms with van der Waals surface area (Å²) in [7, 11) is 1.74. The van der Waals surface area contributed by atoms with Crippen molar-refractivity contribution in [2.75, 3.05) is 38.8 Å². The van der Waals surface area contributed by atoms with Gasteiger partial charge in [0.25, 0.3) is 0 Å². The van der Waals surface area contributed by atoms with Gasteiger partial charge in [-0.1, -0.05) is 6.92 Å². The van der Waals surface area contributed by atoms with Gasteiger partial charge >= 0.3 is 0 Å².